The Hall–Kier alpha value is 0.130. The van der Waals surface area contributed by atoms with E-state index in [1.165, 1.54) is 5.56 Å². The van der Waals surface area contributed by atoms with Gasteiger partial charge in [0, 0.05) is 22.5 Å². The number of carbonyl (C=O) groups is 1. The summed E-state index contributed by atoms with van der Waals surface area (Å²) in [6.45, 7) is 5.40. The van der Waals surface area contributed by atoms with Gasteiger partial charge in [0.25, 0.3) is 0 Å². The molecule has 24 heavy (non-hydrogen) atoms. The van der Waals surface area contributed by atoms with Crippen LogP contribution in [0.3, 0.4) is 0 Å². The zero-order chi connectivity index (χ0) is 17.3. The van der Waals surface area contributed by atoms with Gasteiger partial charge in [0.05, 0.1) is 9.15 Å². The highest BCUT2D eigenvalue weighted by molar-refractivity contribution is 9.24. The van der Waals surface area contributed by atoms with Gasteiger partial charge in [-0.3, -0.25) is 4.79 Å². The zero-order valence-electron chi connectivity index (χ0n) is 14.0. The van der Waals surface area contributed by atoms with E-state index in [1.54, 1.807) is 0 Å². The molecular weight excluding hydrogens is 498 g/mol. The lowest BCUT2D eigenvalue weighted by Gasteiger charge is -2.66. The molecule has 0 N–H and O–H groups in total. The monoisotopic (exact) mass is 517 g/mol. The molecule has 0 saturated heterocycles. The quantitative estimate of drug-likeness (QED) is 0.462. The molecule has 3 fully saturated rings. The molecule has 0 spiro atoms. The van der Waals surface area contributed by atoms with Gasteiger partial charge in [0.1, 0.15) is 0 Å². The van der Waals surface area contributed by atoms with E-state index in [0.29, 0.717) is 5.91 Å². The third kappa shape index (κ3) is 1.80. The Bertz CT molecular complexity index is 704. The van der Waals surface area contributed by atoms with E-state index in [0.717, 1.165) is 37.9 Å². The predicted molar refractivity (Wildman–Crippen MR) is 109 cm³/mol. The zero-order valence-corrected chi connectivity index (χ0v) is 18.7. The summed E-state index contributed by atoms with van der Waals surface area (Å²) in [5, 5.41) is 0. The fourth-order valence-electron chi connectivity index (χ4n) is 5.65. The van der Waals surface area contributed by atoms with Gasteiger partial charge < -0.3 is 4.90 Å². The molecule has 2 nitrogen and oxygen atoms in total. The first-order chi connectivity index (χ1) is 11.3. The Morgan fingerprint density at radius 3 is 2.58 bits per heavy atom. The van der Waals surface area contributed by atoms with E-state index < -0.39 is 0 Å². The number of nitrogens with zero attached hydrogens (tertiary/aromatic N) is 1. The Balaban J connectivity index is 1.75. The number of hydrogen-bond acceptors (Lipinski definition) is 1. The highest BCUT2D eigenvalue weighted by atomic mass is 79.9. The van der Waals surface area contributed by atoms with Crippen LogP contribution in [0.1, 0.15) is 38.7 Å². The number of para-hydroxylation sites is 1. The van der Waals surface area contributed by atoms with E-state index in [1.807, 2.05) is 6.07 Å². The molecular formula is C19H22Br3NO. The lowest BCUT2D eigenvalue weighted by molar-refractivity contribution is -0.158. The average Bonchev–Trinajstić information content (AvgIpc) is 3.03. The fraction of sp³-hybridized carbons (Fsp3) is 0.632. The van der Waals surface area contributed by atoms with Crippen molar-refractivity contribution >= 4 is 59.4 Å². The van der Waals surface area contributed by atoms with Gasteiger partial charge >= 0.3 is 0 Å². The van der Waals surface area contributed by atoms with Gasteiger partial charge in [0.2, 0.25) is 5.91 Å². The third-order valence-corrected chi connectivity index (χ3v) is 10.5. The van der Waals surface area contributed by atoms with Crippen LogP contribution in [-0.2, 0) is 11.2 Å². The average molecular weight is 520 g/mol. The van der Waals surface area contributed by atoms with Crippen LogP contribution in [-0.4, -0.2) is 21.0 Å². The minimum atomic E-state index is -0.308. The van der Waals surface area contributed by atoms with E-state index in [9.17, 15) is 4.79 Å². The second-order valence-electron chi connectivity index (χ2n) is 7.99. The maximum absolute atomic E-state index is 13.8. The molecule has 2 bridgehead atoms. The van der Waals surface area contributed by atoms with Crippen LogP contribution in [0, 0.1) is 16.2 Å². The maximum Gasteiger partial charge on any atom is 0.234 e. The maximum atomic E-state index is 13.8. The molecule has 3 aliphatic carbocycles. The molecule has 1 aliphatic heterocycles. The Morgan fingerprint density at radius 2 is 1.96 bits per heavy atom. The Labute approximate surface area is 169 Å². The SMILES string of the molecule is CC1(C)[C@]2(C(=O)N3CCCc4ccccc43)CC[C@]1(C(Br)Br)[C@H]2Br. The molecule has 0 unspecified atom stereocenters. The molecule has 4 aliphatic rings. The van der Waals surface area contributed by atoms with Crippen LogP contribution < -0.4 is 4.90 Å². The van der Waals surface area contributed by atoms with Crippen LogP contribution in [0.4, 0.5) is 5.69 Å². The van der Waals surface area contributed by atoms with Crippen molar-refractivity contribution in [3.63, 3.8) is 0 Å². The summed E-state index contributed by atoms with van der Waals surface area (Å²) in [5.74, 6) is 0.315. The molecule has 0 radical (unpaired) electrons. The van der Waals surface area contributed by atoms with Crippen LogP contribution in [0.15, 0.2) is 24.3 Å². The van der Waals surface area contributed by atoms with Gasteiger partial charge in [-0.1, -0.05) is 79.8 Å². The first-order valence-corrected chi connectivity index (χ1v) is 11.4. The van der Waals surface area contributed by atoms with Crippen molar-refractivity contribution in [2.45, 2.75) is 48.1 Å². The summed E-state index contributed by atoms with van der Waals surface area (Å²) in [5.41, 5.74) is 2.15. The topological polar surface area (TPSA) is 20.3 Å². The molecule has 1 heterocycles. The molecule has 3 saturated carbocycles. The predicted octanol–water partition coefficient (Wildman–Crippen LogP) is 5.65. The number of alkyl halides is 3. The molecule has 1 aromatic carbocycles. The summed E-state index contributed by atoms with van der Waals surface area (Å²) in [6, 6.07) is 8.39. The minimum Gasteiger partial charge on any atom is -0.312 e. The second kappa shape index (κ2) is 5.56. The van der Waals surface area contributed by atoms with Gasteiger partial charge in [-0.2, -0.15) is 0 Å². The summed E-state index contributed by atoms with van der Waals surface area (Å²) < 4.78 is 0.217. The number of fused-ring (bicyclic) bond motifs is 2. The largest absolute Gasteiger partial charge is 0.312 e. The van der Waals surface area contributed by atoms with E-state index in [-0.39, 0.29) is 24.8 Å². The van der Waals surface area contributed by atoms with E-state index >= 15 is 0 Å². The van der Waals surface area contributed by atoms with Crippen molar-refractivity contribution in [3.05, 3.63) is 29.8 Å². The number of amides is 1. The third-order valence-electron chi connectivity index (χ3n) is 7.22. The van der Waals surface area contributed by atoms with Crippen molar-refractivity contribution in [3.8, 4) is 0 Å². The first kappa shape index (κ1) is 17.5. The van der Waals surface area contributed by atoms with Crippen LogP contribution in [0.5, 0.6) is 0 Å². The van der Waals surface area contributed by atoms with Gasteiger partial charge in [-0.25, -0.2) is 0 Å². The van der Waals surface area contributed by atoms with E-state index in [2.05, 4.69) is 84.7 Å². The number of hydrogen-bond donors (Lipinski definition) is 0. The number of halogens is 3. The lowest BCUT2D eigenvalue weighted by atomic mass is 9.43. The minimum absolute atomic E-state index is 0.0463. The highest BCUT2D eigenvalue weighted by Crippen LogP contribution is 2.82. The fourth-order valence-corrected chi connectivity index (χ4v) is 10.6. The van der Waals surface area contributed by atoms with Crippen molar-refractivity contribution < 1.29 is 4.79 Å². The number of carbonyl (C=O) groups excluding carboxylic acids is 1. The normalized spacial score (nSPS) is 36.4. The second-order valence-corrected chi connectivity index (χ2v) is 12.0. The molecule has 0 aromatic heterocycles. The molecule has 1 aromatic rings. The lowest BCUT2D eigenvalue weighted by Crippen LogP contribution is -2.72. The summed E-state index contributed by atoms with van der Waals surface area (Å²) in [7, 11) is 0. The smallest absolute Gasteiger partial charge is 0.234 e. The summed E-state index contributed by atoms with van der Waals surface area (Å²) >= 11 is 11.5. The molecule has 3 atom stereocenters. The Kier molecular flexibility index (Phi) is 4.06. The van der Waals surface area contributed by atoms with Crippen molar-refractivity contribution in [1.29, 1.82) is 0 Å². The van der Waals surface area contributed by atoms with Crippen LogP contribution >= 0.6 is 47.8 Å². The highest BCUT2D eigenvalue weighted by Gasteiger charge is 2.83. The Morgan fingerprint density at radius 1 is 1.25 bits per heavy atom. The van der Waals surface area contributed by atoms with E-state index in [4.69, 9.17) is 0 Å². The number of aryl methyl sites for hydroxylation is 1. The summed E-state index contributed by atoms with van der Waals surface area (Å²) in [4.78, 5) is 16.1. The van der Waals surface area contributed by atoms with Crippen molar-refractivity contribution in [2.24, 2.45) is 16.2 Å². The van der Waals surface area contributed by atoms with Gasteiger partial charge in [-0.05, 0) is 42.7 Å². The molecule has 1 amide bonds. The molecule has 130 valence electrons. The van der Waals surface area contributed by atoms with Crippen LogP contribution in [0.2, 0.25) is 0 Å². The van der Waals surface area contributed by atoms with Crippen molar-refractivity contribution in [1.82, 2.24) is 0 Å². The number of rotatable bonds is 2. The first-order valence-electron chi connectivity index (χ1n) is 8.63. The molecule has 5 heteroatoms. The summed E-state index contributed by atoms with van der Waals surface area (Å²) in [6.07, 6.45) is 4.15. The molecule has 5 rings (SSSR count). The van der Waals surface area contributed by atoms with Gasteiger partial charge in [-0.15, -0.1) is 0 Å². The van der Waals surface area contributed by atoms with Crippen molar-refractivity contribution in [2.75, 3.05) is 11.4 Å². The standard InChI is InChI=1S/C19H22Br3NO/c1-17(2)18(15(21)22)9-10-19(17,14(18)20)16(24)23-11-5-7-12-6-3-4-8-13(12)23/h3-4,6,8,14-15H,5,7,9-11H2,1-2H3/t14-,18-,19-/m1/s1. The van der Waals surface area contributed by atoms with Gasteiger partial charge in [0.15, 0.2) is 0 Å². The van der Waals surface area contributed by atoms with Crippen LogP contribution in [0.25, 0.3) is 0 Å². The number of anilines is 1. The number of benzene rings is 1.